The number of rotatable bonds is 4. The second-order valence-electron chi connectivity index (χ2n) is 5.49. The highest BCUT2D eigenvalue weighted by atomic mass is 16.5. The Hall–Kier alpha value is -1.51. The number of ether oxygens (including phenoxy) is 1. The first-order valence-corrected chi connectivity index (χ1v) is 6.19. The Kier molecular flexibility index (Phi) is 4.38. The van der Waals surface area contributed by atoms with Crippen LogP contribution in [0.2, 0.25) is 0 Å². The smallest absolute Gasteiger partial charge is 0.125 e. The number of carboxylic acid groups (broad SMARTS) is 1. The van der Waals surface area contributed by atoms with Crippen LogP contribution in [-0.4, -0.2) is 13.1 Å². The third-order valence-electron chi connectivity index (χ3n) is 2.97. The van der Waals surface area contributed by atoms with Crippen LogP contribution in [0, 0.1) is 0 Å². The van der Waals surface area contributed by atoms with Crippen LogP contribution in [-0.2, 0) is 23.1 Å². The van der Waals surface area contributed by atoms with Crippen LogP contribution in [0.15, 0.2) is 12.1 Å². The lowest BCUT2D eigenvalue weighted by molar-refractivity contribution is -0.304. The summed E-state index contributed by atoms with van der Waals surface area (Å²) in [6.45, 7) is 8.31. The Labute approximate surface area is 109 Å². The summed E-state index contributed by atoms with van der Waals surface area (Å²) in [5, 5.41) is 10.7. The van der Waals surface area contributed by atoms with E-state index in [1.54, 1.807) is 7.11 Å². The van der Waals surface area contributed by atoms with Crippen molar-refractivity contribution >= 4 is 5.97 Å². The zero-order valence-electron chi connectivity index (χ0n) is 11.8. The lowest BCUT2D eigenvalue weighted by atomic mass is 9.83. The minimum Gasteiger partial charge on any atom is -0.550 e. The number of carboxylic acids is 1. The van der Waals surface area contributed by atoms with Crippen molar-refractivity contribution in [3.63, 3.8) is 0 Å². The number of hydrogen-bond acceptors (Lipinski definition) is 3. The molecule has 0 saturated carbocycles. The monoisotopic (exact) mass is 249 g/mol. The first-order chi connectivity index (χ1) is 8.29. The fraction of sp³-hybridized carbons (Fsp3) is 0.533. The molecule has 0 N–H and O–H groups in total. The van der Waals surface area contributed by atoms with Crippen LogP contribution in [0.4, 0.5) is 0 Å². The summed E-state index contributed by atoms with van der Waals surface area (Å²) < 4.78 is 5.49. The molecule has 3 nitrogen and oxygen atoms in total. The maximum atomic E-state index is 10.7. The molecule has 0 saturated heterocycles. The number of benzene rings is 1. The van der Waals surface area contributed by atoms with Crippen molar-refractivity contribution in [3.8, 4) is 5.75 Å². The van der Waals surface area contributed by atoms with Crippen molar-refractivity contribution in [1.82, 2.24) is 0 Å². The van der Waals surface area contributed by atoms with Crippen molar-refractivity contribution < 1.29 is 14.6 Å². The largest absolute Gasteiger partial charge is 0.550 e. The SMILES string of the molecule is CCc1cc(CC(=O)[O-])cc(C(C)(C)C)c1OC. The van der Waals surface area contributed by atoms with E-state index in [1.165, 1.54) is 0 Å². The quantitative estimate of drug-likeness (QED) is 0.818. The van der Waals surface area contributed by atoms with Crippen LogP contribution < -0.4 is 9.84 Å². The van der Waals surface area contributed by atoms with Gasteiger partial charge in [0, 0.05) is 18.0 Å². The zero-order chi connectivity index (χ0) is 13.9. The molecule has 100 valence electrons. The van der Waals surface area contributed by atoms with E-state index >= 15 is 0 Å². The molecule has 0 heterocycles. The van der Waals surface area contributed by atoms with Gasteiger partial charge in [-0.25, -0.2) is 0 Å². The van der Waals surface area contributed by atoms with E-state index in [2.05, 4.69) is 20.8 Å². The van der Waals surface area contributed by atoms with Gasteiger partial charge < -0.3 is 14.6 Å². The van der Waals surface area contributed by atoms with Gasteiger partial charge in [-0.15, -0.1) is 0 Å². The first-order valence-electron chi connectivity index (χ1n) is 6.19. The summed E-state index contributed by atoms with van der Waals surface area (Å²) >= 11 is 0. The number of carbonyl (C=O) groups is 1. The van der Waals surface area contributed by atoms with Crippen LogP contribution in [0.5, 0.6) is 5.75 Å². The van der Waals surface area contributed by atoms with Gasteiger partial charge in [-0.3, -0.25) is 0 Å². The molecule has 3 heteroatoms. The maximum absolute atomic E-state index is 10.7. The van der Waals surface area contributed by atoms with Gasteiger partial charge in [-0.05, 0) is 23.0 Å². The number of hydrogen-bond donors (Lipinski definition) is 0. The molecule has 1 aromatic rings. The predicted molar refractivity (Wildman–Crippen MR) is 69.8 cm³/mol. The number of aryl methyl sites for hydroxylation is 1. The van der Waals surface area contributed by atoms with Crippen molar-refractivity contribution in [2.45, 2.75) is 46.0 Å². The van der Waals surface area contributed by atoms with Crippen LogP contribution in [0.1, 0.15) is 44.4 Å². The molecule has 18 heavy (non-hydrogen) atoms. The molecule has 0 fully saturated rings. The van der Waals surface area contributed by atoms with Crippen molar-refractivity contribution in [1.29, 1.82) is 0 Å². The van der Waals surface area contributed by atoms with Crippen molar-refractivity contribution in [2.24, 2.45) is 0 Å². The molecular formula is C15H21O3-. The molecule has 0 aliphatic rings. The number of methoxy groups -OCH3 is 1. The molecule has 0 bridgehead atoms. The van der Waals surface area contributed by atoms with Crippen molar-refractivity contribution in [3.05, 3.63) is 28.8 Å². The first kappa shape index (κ1) is 14.6. The second-order valence-corrected chi connectivity index (χ2v) is 5.49. The van der Waals surface area contributed by atoms with Gasteiger partial charge in [0.25, 0.3) is 0 Å². The standard InChI is InChI=1S/C15H22O3/c1-6-11-7-10(9-13(16)17)8-12(14(11)18-5)15(2,3)4/h7-8H,6,9H2,1-5H3,(H,16,17)/p-1. The van der Waals surface area contributed by atoms with Gasteiger partial charge in [0.2, 0.25) is 0 Å². The normalized spacial score (nSPS) is 11.4. The minimum absolute atomic E-state index is 0.0555. The molecule has 1 rings (SSSR count). The zero-order valence-corrected chi connectivity index (χ0v) is 11.8. The Bertz CT molecular complexity index is 442. The average molecular weight is 249 g/mol. The molecule has 1 aromatic carbocycles. The average Bonchev–Trinajstić information content (AvgIpc) is 2.25. The lowest BCUT2D eigenvalue weighted by Crippen LogP contribution is -2.25. The summed E-state index contributed by atoms with van der Waals surface area (Å²) in [4.78, 5) is 10.7. The third kappa shape index (κ3) is 3.25. The topological polar surface area (TPSA) is 49.4 Å². The van der Waals surface area contributed by atoms with Gasteiger partial charge in [-0.2, -0.15) is 0 Å². The Morgan fingerprint density at radius 1 is 1.33 bits per heavy atom. The Morgan fingerprint density at radius 3 is 2.33 bits per heavy atom. The van der Waals surface area contributed by atoms with E-state index < -0.39 is 5.97 Å². The van der Waals surface area contributed by atoms with E-state index in [-0.39, 0.29) is 11.8 Å². The van der Waals surface area contributed by atoms with Crippen LogP contribution in [0.25, 0.3) is 0 Å². The molecule has 0 amide bonds. The fourth-order valence-electron chi connectivity index (χ4n) is 2.08. The number of aliphatic carboxylic acids is 1. The summed E-state index contributed by atoms with van der Waals surface area (Å²) in [6, 6.07) is 3.80. The maximum Gasteiger partial charge on any atom is 0.125 e. The van der Waals surface area contributed by atoms with Gasteiger partial charge >= 0.3 is 0 Å². The van der Waals surface area contributed by atoms with Crippen molar-refractivity contribution in [2.75, 3.05) is 7.11 Å². The summed E-state index contributed by atoms with van der Waals surface area (Å²) in [6.07, 6.45) is 0.757. The molecule has 0 aromatic heterocycles. The highest BCUT2D eigenvalue weighted by Gasteiger charge is 2.21. The summed E-state index contributed by atoms with van der Waals surface area (Å²) in [7, 11) is 1.65. The Balaban J connectivity index is 3.40. The highest BCUT2D eigenvalue weighted by molar-refractivity contribution is 5.68. The lowest BCUT2D eigenvalue weighted by Gasteiger charge is -2.25. The Morgan fingerprint density at radius 2 is 1.94 bits per heavy atom. The summed E-state index contributed by atoms with van der Waals surface area (Å²) in [5.41, 5.74) is 2.77. The number of carbonyl (C=O) groups excluding carboxylic acids is 1. The fourth-order valence-corrected chi connectivity index (χ4v) is 2.08. The van der Waals surface area contributed by atoms with Crippen LogP contribution in [0.3, 0.4) is 0 Å². The van der Waals surface area contributed by atoms with Crippen LogP contribution >= 0.6 is 0 Å². The van der Waals surface area contributed by atoms with E-state index in [4.69, 9.17) is 4.74 Å². The molecule has 0 unspecified atom stereocenters. The molecular weight excluding hydrogens is 228 g/mol. The molecule has 0 radical (unpaired) electrons. The molecule has 0 aliphatic carbocycles. The third-order valence-corrected chi connectivity index (χ3v) is 2.97. The van der Waals surface area contributed by atoms with Gasteiger partial charge in [0.15, 0.2) is 0 Å². The highest BCUT2D eigenvalue weighted by Crippen LogP contribution is 2.35. The van der Waals surface area contributed by atoms with E-state index in [9.17, 15) is 9.90 Å². The molecule has 0 aliphatic heterocycles. The van der Waals surface area contributed by atoms with E-state index in [0.29, 0.717) is 0 Å². The minimum atomic E-state index is -1.05. The van der Waals surface area contributed by atoms with E-state index in [1.807, 2.05) is 19.1 Å². The van der Waals surface area contributed by atoms with E-state index in [0.717, 1.165) is 28.9 Å². The van der Waals surface area contributed by atoms with Gasteiger partial charge in [0.1, 0.15) is 5.75 Å². The summed E-state index contributed by atoms with van der Waals surface area (Å²) in [5.74, 6) is -0.186. The molecule has 0 spiro atoms. The predicted octanol–water partition coefficient (Wildman–Crippen LogP) is 1.85. The van der Waals surface area contributed by atoms with Gasteiger partial charge in [0.05, 0.1) is 7.11 Å². The second kappa shape index (κ2) is 5.42. The van der Waals surface area contributed by atoms with Gasteiger partial charge in [-0.1, -0.05) is 39.8 Å². The molecule has 0 atom stereocenters.